The molecular formula is C17H24N2O4S. The maximum absolute atomic E-state index is 12.3. The van der Waals surface area contributed by atoms with Crippen LogP contribution in [-0.2, 0) is 14.3 Å². The van der Waals surface area contributed by atoms with Crippen molar-refractivity contribution in [1.82, 2.24) is 10.2 Å². The smallest absolute Gasteiger partial charge is 0.252 e. The van der Waals surface area contributed by atoms with Gasteiger partial charge >= 0.3 is 0 Å². The van der Waals surface area contributed by atoms with Crippen molar-refractivity contribution in [2.45, 2.75) is 32.0 Å². The summed E-state index contributed by atoms with van der Waals surface area (Å²) in [7, 11) is 0. The molecule has 2 saturated heterocycles. The first kappa shape index (κ1) is 17.4. The number of rotatable bonds is 6. The highest BCUT2D eigenvalue weighted by molar-refractivity contribution is 7.08. The first-order valence-corrected chi connectivity index (χ1v) is 9.49. The lowest BCUT2D eigenvalue weighted by atomic mass is 9.96. The van der Waals surface area contributed by atoms with Crippen LogP contribution in [0.1, 0.15) is 36.0 Å². The summed E-state index contributed by atoms with van der Waals surface area (Å²) in [5.41, 5.74) is 0.685. The summed E-state index contributed by atoms with van der Waals surface area (Å²) in [6, 6.07) is 1.80. The summed E-state index contributed by atoms with van der Waals surface area (Å²) in [5, 5.41) is 6.55. The van der Waals surface area contributed by atoms with Crippen LogP contribution in [0.2, 0.25) is 0 Å². The predicted molar refractivity (Wildman–Crippen MR) is 90.9 cm³/mol. The topological polar surface area (TPSA) is 67.9 Å². The molecule has 3 rings (SSSR count). The molecule has 2 fully saturated rings. The van der Waals surface area contributed by atoms with Crippen molar-refractivity contribution >= 4 is 23.2 Å². The second-order valence-corrected chi connectivity index (χ2v) is 6.98. The molecule has 2 aliphatic heterocycles. The van der Waals surface area contributed by atoms with Gasteiger partial charge in [-0.25, -0.2) is 0 Å². The van der Waals surface area contributed by atoms with Crippen LogP contribution in [0, 0.1) is 5.92 Å². The van der Waals surface area contributed by atoms with Crippen LogP contribution in [0.3, 0.4) is 0 Å². The van der Waals surface area contributed by atoms with Crippen molar-refractivity contribution in [2.24, 2.45) is 5.92 Å². The average Bonchev–Trinajstić information content (AvgIpc) is 3.32. The number of nitrogens with one attached hydrogen (secondary N) is 1. The Morgan fingerprint density at radius 3 is 2.67 bits per heavy atom. The van der Waals surface area contributed by atoms with E-state index in [1.165, 1.54) is 11.3 Å². The lowest BCUT2D eigenvalue weighted by Gasteiger charge is -2.34. The van der Waals surface area contributed by atoms with Gasteiger partial charge in [-0.1, -0.05) is 0 Å². The van der Waals surface area contributed by atoms with E-state index in [4.69, 9.17) is 9.47 Å². The minimum Gasteiger partial charge on any atom is -0.352 e. The number of ether oxygens (including phenoxy) is 2. The van der Waals surface area contributed by atoms with Crippen LogP contribution < -0.4 is 5.32 Å². The molecule has 0 radical (unpaired) electrons. The first-order chi connectivity index (χ1) is 11.7. The number of hydrogen-bond acceptors (Lipinski definition) is 5. The molecule has 0 saturated carbocycles. The zero-order valence-electron chi connectivity index (χ0n) is 13.7. The van der Waals surface area contributed by atoms with Gasteiger partial charge in [-0.15, -0.1) is 0 Å². The number of carbonyl (C=O) groups is 2. The largest absolute Gasteiger partial charge is 0.352 e. The quantitative estimate of drug-likeness (QED) is 0.794. The second-order valence-electron chi connectivity index (χ2n) is 6.20. The van der Waals surface area contributed by atoms with Crippen molar-refractivity contribution in [3.8, 4) is 0 Å². The Kier molecular flexibility index (Phi) is 6.23. The van der Waals surface area contributed by atoms with E-state index in [1.54, 1.807) is 6.07 Å². The van der Waals surface area contributed by atoms with Gasteiger partial charge in [0.25, 0.3) is 5.91 Å². The van der Waals surface area contributed by atoms with Gasteiger partial charge < -0.3 is 19.7 Å². The van der Waals surface area contributed by atoms with E-state index in [0.29, 0.717) is 44.1 Å². The highest BCUT2D eigenvalue weighted by atomic mass is 32.1. The number of nitrogens with zero attached hydrogens (tertiary/aromatic N) is 1. The third kappa shape index (κ3) is 4.55. The molecule has 0 unspecified atom stereocenters. The summed E-state index contributed by atoms with van der Waals surface area (Å²) < 4.78 is 11.1. The molecule has 132 valence electrons. The van der Waals surface area contributed by atoms with Gasteiger partial charge in [0.15, 0.2) is 6.29 Å². The molecule has 1 aromatic heterocycles. The van der Waals surface area contributed by atoms with E-state index < -0.39 is 0 Å². The van der Waals surface area contributed by atoms with Crippen LogP contribution in [0.5, 0.6) is 0 Å². The van der Waals surface area contributed by atoms with E-state index in [2.05, 4.69) is 5.32 Å². The molecule has 24 heavy (non-hydrogen) atoms. The maximum atomic E-state index is 12.3. The summed E-state index contributed by atoms with van der Waals surface area (Å²) >= 11 is 1.50. The summed E-state index contributed by atoms with van der Waals surface area (Å²) in [4.78, 5) is 26.0. The molecule has 0 bridgehead atoms. The van der Waals surface area contributed by atoms with Crippen molar-refractivity contribution in [1.29, 1.82) is 0 Å². The molecule has 2 aliphatic rings. The van der Waals surface area contributed by atoms with Crippen molar-refractivity contribution in [2.75, 3.05) is 32.8 Å². The van der Waals surface area contributed by atoms with E-state index in [9.17, 15) is 9.59 Å². The Balaban J connectivity index is 1.30. The highest BCUT2D eigenvalue weighted by Gasteiger charge is 2.31. The molecular weight excluding hydrogens is 328 g/mol. The van der Waals surface area contributed by atoms with Gasteiger partial charge in [0.2, 0.25) is 5.91 Å². The minimum atomic E-state index is -0.0745. The van der Waals surface area contributed by atoms with Gasteiger partial charge in [0.05, 0.1) is 13.2 Å². The summed E-state index contributed by atoms with van der Waals surface area (Å²) in [5.74, 6) is 0.508. The first-order valence-electron chi connectivity index (χ1n) is 8.55. The fraction of sp³-hybridized carbons (Fsp3) is 0.647. The van der Waals surface area contributed by atoms with Crippen LogP contribution in [0.4, 0.5) is 0 Å². The number of piperidine rings is 1. The highest BCUT2D eigenvalue weighted by Crippen LogP contribution is 2.26. The molecule has 0 atom stereocenters. The number of thiophene rings is 1. The molecule has 0 spiro atoms. The SMILES string of the molecule is O=C(NCCCC(=O)N1CCC(C2OCCO2)CC1)c1ccsc1. The van der Waals surface area contributed by atoms with Crippen LogP contribution in [0.25, 0.3) is 0 Å². The number of amides is 2. The van der Waals surface area contributed by atoms with E-state index in [1.807, 2.05) is 15.7 Å². The third-order valence-electron chi connectivity index (χ3n) is 4.56. The normalized spacial score (nSPS) is 19.6. The van der Waals surface area contributed by atoms with Gasteiger partial charge in [-0.2, -0.15) is 11.3 Å². The Morgan fingerprint density at radius 2 is 2.00 bits per heavy atom. The summed E-state index contributed by atoms with van der Waals surface area (Å²) in [6.45, 7) is 3.43. The number of likely N-dealkylation sites (tertiary alicyclic amines) is 1. The number of hydrogen-bond donors (Lipinski definition) is 1. The Hall–Kier alpha value is -1.44. The van der Waals surface area contributed by atoms with Crippen molar-refractivity contribution in [3.05, 3.63) is 22.4 Å². The minimum absolute atomic E-state index is 0.0684. The van der Waals surface area contributed by atoms with Crippen LogP contribution in [0.15, 0.2) is 16.8 Å². The fourth-order valence-electron chi connectivity index (χ4n) is 3.17. The van der Waals surface area contributed by atoms with E-state index >= 15 is 0 Å². The molecule has 2 amide bonds. The van der Waals surface area contributed by atoms with Gasteiger partial charge in [-0.3, -0.25) is 9.59 Å². The Bertz CT molecular complexity index is 535. The monoisotopic (exact) mass is 352 g/mol. The van der Waals surface area contributed by atoms with Gasteiger partial charge in [0.1, 0.15) is 0 Å². The van der Waals surface area contributed by atoms with Crippen LogP contribution >= 0.6 is 11.3 Å². The molecule has 0 aromatic carbocycles. The van der Waals surface area contributed by atoms with Gasteiger partial charge in [-0.05, 0) is 30.7 Å². The predicted octanol–water partition coefficient (Wildman–Crippen LogP) is 1.87. The van der Waals surface area contributed by atoms with Gasteiger partial charge in [0, 0.05) is 42.9 Å². The fourth-order valence-corrected chi connectivity index (χ4v) is 3.80. The summed E-state index contributed by atoms with van der Waals surface area (Å²) in [6.07, 6.45) is 2.94. The average molecular weight is 352 g/mol. The zero-order chi connectivity index (χ0) is 16.8. The molecule has 3 heterocycles. The number of carbonyl (C=O) groups excluding carboxylic acids is 2. The lowest BCUT2D eigenvalue weighted by Crippen LogP contribution is -2.41. The van der Waals surface area contributed by atoms with E-state index in [-0.39, 0.29) is 18.1 Å². The van der Waals surface area contributed by atoms with Crippen molar-refractivity contribution < 1.29 is 19.1 Å². The molecule has 6 nitrogen and oxygen atoms in total. The second kappa shape index (κ2) is 8.60. The zero-order valence-corrected chi connectivity index (χ0v) is 14.6. The van der Waals surface area contributed by atoms with E-state index in [0.717, 1.165) is 25.9 Å². The van der Waals surface area contributed by atoms with Crippen LogP contribution in [-0.4, -0.2) is 55.9 Å². The third-order valence-corrected chi connectivity index (χ3v) is 5.24. The maximum Gasteiger partial charge on any atom is 0.252 e. The molecule has 1 N–H and O–H groups in total. The standard InChI is InChI=1S/C17H24N2O4S/c20-15(2-1-6-18-16(21)14-5-11-24-12-14)19-7-3-13(4-8-19)17-22-9-10-23-17/h5,11-13,17H,1-4,6-10H2,(H,18,21). The Morgan fingerprint density at radius 1 is 1.25 bits per heavy atom. The Labute approximate surface area is 146 Å². The molecule has 0 aliphatic carbocycles. The molecule has 7 heteroatoms. The molecule has 1 aromatic rings. The van der Waals surface area contributed by atoms with Crippen molar-refractivity contribution in [3.63, 3.8) is 0 Å². The lowest BCUT2D eigenvalue weighted by molar-refractivity contribution is -0.136.